The molecule has 3 aromatic rings. The van der Waals surface area contributed by atoms with E-state index in [1.807, 2.05) is 55.5 Å². The Morgan fingerprint density at radius 2 is 1.81 bits per heavy atom. The Labute approximate surface area is 159 Å². The van der Waals surface area contributed by atoms with Crippen LogP contribution >= 0.6 is 0 Å². The lowest BCUT2D eigenvalue weighted by molar-refractivity contribution is -0.123. The first-order chi connectivity index (χ1) is 13.0. The standard InChI is InChI=1S/C22H27N3O2/c1-15(2)20(17-11-9-16(3)10-12-17)21(26)23-13-6-14-25-19-8-5-4-7-18(19)24-22(25)27/h4-5,7-12,15,20H,6,13-14H2,1-3H3,(H,23,26)(H,24,27). The van der Waals surface area contributed by atoms with Gasteiger partial charge in [-0.3, -0.25) is 9.36 Å². The summed E-state index contributed by atoms with van der Waals surface area (Å²) in [4.78, 5) is 27.7. The van der Waals surface area contributed by atoms with E-state index in [0.717, 1.165) is 16.6 Å². The van der Waals surface area contributed by atoms with Crippen LogP contribution in [0.3, 0.4) is 0 Å². The highest BCUT2D eigenvalue weighted by Gasteiger charge is 2.23. The van der Waals surface area contributed by atoms with Crippen molar-refractivity contribution in [2.24, 2.45) is 5.92 Å². The Balaban J connectivity index is 1.60. The third kappa shape index (κ3) is 4.30. The molecule has 0 aliphatic rings. The average Bonchev–Trinajstić information content (AvgIpc) is 2.95. The molecule has 1 amide bonds. The summed E-state index contributed by atoms with van der Waals surface area (Å²) in [6.07, 6.45) is 0.701. The molecule has 0 radical (unpaired) electrons. The molecule has 5 heteroatoms. The number of hydrogen-bond acceptors (Lipinski definition) is 2. The Morgan fingerprint density at radius 3 is 2.52 bits per heavy atom. The van der Waals surface area contributed by atoms with E-state index < -0.39 is 0 Å². The van der Waals surface area contributed by atoms with Crippen molar-refractivity contribution in [1.29, 1.82) is 0 Å². The number of H-pyrrole nitrogens is 1. The first kappa shape index (κ1) is 19.0. The van der Waals surface area contributed by atoms with Crippen LogP contribution in [0.15, 0.2) is 53.3 Å². The van der Waals surface area contributed by atoms with Gasteiger partial charge in [0.15, 0.2) is 0 Å². The van der Waals surface area contributed by atoms with E-state index in [1.165, 1.54) is 5.56 Å². The van der Waals surface area contributed by atoms with Gasteiger partial charge in [0.1, 0.15) is 0 Å². The molecule has 0 aliphatic heterocycles. The topological polar surface area (TPSA) is 66.9 Å². The fourth-order valence-corrected chi connectivity index (χ4v) is 3.50. The van der Waals surface area contributed by atoms with Crippen LogP contribution in [0.4, 0.5) is 0 Å². The lowest BCUT2D eigenvalue weighted by atomic mass is 9.87. The van der Waals surface area contributed by atoms with Gasteiger partial charge >= 0.3 is 5.69 Å². The monoisotopic (exact) mass is 365 g/mol. The first-order valence-electron chi connectivity index (χ1n) is 9.49. The predicted molar refractivity (Wildman–Crippen MR) is 109 cm³/mol. The van der Waals surface area contributed by atoms with Crippen LogP contribution in [0.2, 0.25) is 0 Å². The summed E-state index contributed by atoms with van der Waals surface area (Å²) < 4.78 is 1.72. The minimum Gasteiger partial charge on any atom is -0.355 e. The summed E-state index contributed by atoms with van der Waals surface area (Å²) in [5, 5.41) is 3.04. The molecule has 2 aromatic carbocycles. The smallest absolute Gasteiger partial charge is 0.326 e. The number of nitrogens with zero attached hydrogens (tertiary/aromatic N) is 1. The number of amides is 1. The highest BCUT2D eigenvalue weighted by Crippen LogP contribution is 2.25. The highest BCUT2D eigenvalue weighted by molar-refractivity contribution is 5.83. The Morgan fingerprint density at radius 1 is 1.11 bits per heavy atom. The third-order valence-corrected chi connectivity index (χ3v) is 4.92. The molecule has 1 atom stereocenters. The van der Waals surface area contributed by atoms with E-state index in [2.05, 4.69) is 24.1 Å². The first-order valence-corrected chi connectivity index (χ1v) is 9.49. The van der Waals surface area contributed by atoms with Crippen molar-refractivity contribution in [3.63, 3.8) is 0 Å². The molecule has 0 saturated carbocycles. The van der Waals surface area contributed by atoms with Crippen molar-refractivity contribution in [1.82, 2.24) is 14.9 Å². The minimum absolute atomic E-state index is 0.0418. The molecule has 0 saturated heterocycles. The van der Waals surface area contributed by atoms with E-state index >= 15 is 0 Å². The quantitative estimate of drug-likeness (QED) is 0.629. The van der Waals surface area contributed by atoms with Crippen molar-refractivity contribution in [3.8, 4) is 0 Å². The normalized spacial score (nSPS) is 12.4. The number of fused-ring (bicyclic) bond motifs is 1. The maximum atomic E-state index is 12.7. The molecule has 142 valence electrons. The van der Waals surface area contributed by atoms with Crippen molar-refractivity contribution in [3.05, 3.63) is 70.1 Å². The molecule has 1 aromatic heterocycles. The lowest BCUT2D eigenvalue weighted by Crippen LogP contribution is -2.33. The molecule has 2 N–H and O–H groups in total. The van der Waals surface area contributed by atoms with Crippen molar-refractivity contribution in [2.75, 3.05) is 6.54 Å². The summed E-state index contributed by atoms with van der Waals surface area (Å²) in [7, 11) is 0. The second-order valence-electron chi connectivity index (χ2n) is 7.38. The molecule has 0 spiro atoms. The number of carbonyl (C=O) groups is 1. The van der Waals surface area contributed by atoms with Gasteiger partial charge in [0.05, 0.1) is 17.0 Å². The zero-order chi connectivity index (χ0) is 19.4. The van der Waals surface area contributed by atoms with Crippen LogP contribution in [0, 0.1) is 12.8 Å². The summed E-state index contributed by atoms with van der Waals surface area (Å²) in [6, 6.07) is 15.8. The number of aromatic nitrogens is 2. The largest absolute Gasteiger partial charge is 0.355 e. The molecular weight excluding hydrogens is 338 g/mol. The predicted octanol–water partition coefficient (Wildman–Crippen LogP) is 3.58. The number of para-hydroxylation sites is 2. The average molecular weight is 365 g/mol. The number of benzene rings is 2. The van der Waals surface area contributed by atoms with Crippen molar-refractivity contribution in [2.45, 2.75) is 39.7 Å². The number of imidazole rings is 1. The molecule has 1 unspecified atom stereocenters. The number of hydrogen-bond donors (Lipinski definition) is 2. The molecule has 0 bridgehead atoms. The second kappa shape index (κ2) is 8.25. The van der Waals surface area contributed by atoms with Gasteiger partial charge in [0, 0.05) is 13.1 Å². The van der Waals surface area contributed by atoms with Crippen LogP contribution in [0.1, 0.15) is 37.3 Å². The van der Waals surface area contributed by atoms with Gasteiger partial charge in [0.2, 0.25) is 5.91 Å². The number of nitrogens with one attached hydrogen (secondary N) is 2. The van der Waals surface area contributed by atoms with Gasteiger partial charge < -0.3 is 10.3 Å². The molecule has 27 heavy (non-hydrogen) atoms. The zero-order valence-corrected chi connectivity index (χ0v) is 16.2. The Bertz CT molecular complexity index is 967. The molecule has 1 heterocycles. The van der Waals surface area contributed by atoms with Gasteiger partial charge in [-0.2, -0.15) is 0 Å². The number of carbonyl (C=O) groups excluding carboxylic acids is 1. The summed E-state index contributed by atoms with van der Waals surface area (Å²) in [5.41, 5.74) is 3.85. The fraction of sp³-hybridized carbons (Fsp3) is 0.364. The van der Waals surface area contributed by atoms with E-state index in [1.54, 1.807) is 4.57 Å². The minimum atomic E-state index is -0.165. The summed E-state index contributed by atoms with van der Waals surface area (Å²) in [5.74, 6) is 0.0884. The molecule has 0 fully saturated rings. The fourth-order valence-electron chi connectivity index (χ4n) is 3.50. The van der Waals surface area contributed by atoms with Gasteiger partial charge in [-0.1, -0.05) is 55.8 Å². The number of aromatic amines is 1. The van der Waals surface area contributed by atoms with E-state index in [0.29, 0.717) is 19.5 Å². The molecule has 0 aliphatic carbocycles. The third-order valence-electron chi connectivity index (χ3n) is 4.92. The van der Waals surface area contributed by atoms with Crippen molar-refractivity contribution < 1.29 is 4.79 Å². The van der Waals surface area contributed by atoms with Crippen LogP contribution in [0.5, 0.6) is 0 Å². The van der Waals surface area contributed by atoms with Gasteiger partial charge in [0.25, 0.3) is 0 Å². The van der Waals surface area contributed by atoms with Crippen LogP contribution in [-0.2, 0) is 11.3 Å². The molecule has 5 nitrogen and oxygen atoms in total. The van der Waals surface area contributed by atoms with Gasteiger partial charge in [-0.15, -0.1) is 0 Å². The Kier molecular flexibility index (Phi) is 5.79. The molecular formula is C22H27N3O2. The second-order valence-corrected chi connectivity index (χ2v) is 7.38. The van der Waals surface area contributed by atoms with Crippen molar-refractivity contribution >= 4 is 16.9 Å². The molecule has 3 rings (SSSR count). The van der Waals surface area contributed by atoms with Gasteiger partial charge in [-0.05, 0) is 37.0 Å². The Hall–Kier alpha value is -2.82. The SMILES string of the molecule is Cc1ccc(C(C(=O)NCCCn2c(=O)[nH]c3ccccc32)C(C)C)cc1. The number of rotatable bonds is 7. The van der Waals surface area contributed by atoms with Crippen LogP contribution in [0.25, 0.3) is 11.0 Å². The van der Waals surface area contributed by atoms with E-state index in [4.69, 9.17) is 0 Å². The maximum Gasteiger partial charge on any atom is 0.326 e. The van der Waals surface area contributed by atoms with E-state index in [9.17, 15) is 9.59 Å². The van der Waals surface area contributed by atoms with Gasteiger partial charge in [-0.25, -0.2) is 4.79 Å². The summed E-state index contributed by atoms with van der Waals surface area (Å²) >= 11 is 0. The highest BCUT2D eigenvalue weighted by atomic mass is 16.2. The zero-order valence-electron chi connectivity index (χ0n) is 16.2. The van der Waals surface area contributed by atoms with E-state index in [-0.39, 0.29) is 23.4 Å². The van der Waals surface area contributed by atoms with Crippen LogP contribution in [-0.4, -0.2) is 22.0 Å². The lowest BCUT2D eigenvalue weighted by Gasteiger charge is -2.21. The summed E-state index contributed by atoms with van der Waals surface area (Å²) in [6.45, 7) is 7.28. The number of aryl methyl sites for hydroxylation is 2. The maximum absolute atomic E-state index is 12.7. The van der Waals surface area contributed by atoms with Crippen LogP contribution < -0.4 is 11.0 Å².